The Morgan fingerprint density at radius 2 is 2.35 bits per heavy atom. The van der Waals surface area contributed by atoms with Crippen LogP contribution in [-0.4, -0.2) is 18.0 Å². The molecule has 0 atom stereocenters. The summed E-state index contributed by atoms with van der Waals surface area (Å²) in [7, 11) is 1.57. The number of ether oxygens (including phenoxy) is 1. The molecule has 0 aliphatic rings. The van der Waals surface area contributed by atoms with Gasteiger partial charge >= 0.3 is 0 Å². The molecule has 1 amide bonds. The highest BCUT2D eigenvalue weighted by molar-refractivity contribution is 7.08. The first kappa shape index (κ1) is 11.6. The van der Waals surface area contributed by atoms with Crippen LogP contribution in [0.4, 0.5) is 0 Å². The predicted molar refractivity (Wildman–Crippen MR) is 66.3 cm³/mol. The number of thiophene rings is 1. The molecule has 0 aliphatic heterocycles. The van der Waals surface area contributed by atoms with Crippen molar-refractivity contribution in [2.45, 2.75) is 6.54 Å². The van der Waals surface area contributed by atoms with E-state index in [9.17, 15) is 4.79 Å². The molecule has 17 heavy (non-hydrogen) atoms. The standard InChI is InChI=1S/C12H12N2O2S/c1-16-11-3-2-9(6-13-11)7-14-12(15)10-4-5-17-8-10/h2-6,8H,7H2,1H3,(H,14,15). The monoisotopic (exact) mass is 248 g/mol. The summed E-state index contributed by atoms with van der Waals surface area (Å²) in [6.07, 6.45) is 1.69. The Bertz CT molecular complexity index is 480. The molecule has 0 spiro atoms. The molecular formula is C12H12N2O2S. The third-order valence-electron chi connectivity index (χ3n) is 2.24. The molecular weight excluding hydrogens is 236 g/mol. The molecule has 0 aromatic carbocycles. The van der Waals surface area contributed by atoms with E-state index in [1.807, 2.05) is 16.8 Å². The minimum absolute atomic E-state index is 0.0675. The van der Waals surface area contributed by atoms with Gasteiger partial charge in [0.05, 0.1) is 7.11 Å². The zero-order chi connectivity index (χ0) is 12.1. The van der Waals surface area contributed by atoms with Crippen molar-refractivity contribution in [3.63, 3.8) is 0 Å². The van der Waals surface area contributed by atoms with Crippen LogP contribution in [0, 0.1) is 0 Å². The van der Waals surface area contributed by atoms with Gasteiger partial charge in [-0.3, -0.25) is 4.79 Å². The summed E-state index contributed by atoms with van der Waals surface area (Å²) in [4.78, 5) is 15.7. The summed E-state index contributed by atoms with van der Waals surface area (Å²) in [6, 6.07) is 5.44. The Labute approximate surface area is 103 Å². The zero-order valence-electron chi connectivity index (χ0n) is 9.34. The molecule has 2 heterocycles. The summed E-state index contributed by atoms with van der Waals surface area (Å²) in [5.41, 5.74) is 1.63. The molecule has 2 rings (SSSR count). The third-order valence-corrected chi connectivity index (χ3v) is 2.93. The van der Waals surface area contributed by atoms with Crippen molar-refractivity contribution < 1.29 is 9.53 Å². The van der Waals surface area contributed by atoms with Crippen molar-refractivity contribution in [1.82, 2.24) is 10.3 Å². The van der Waals surface area contributed by atoms with E-state index in [1.54, 1.807) is 25.4 Å². The van der Waals surface area contributed by atoms with Gasteiger partial charge < -0.3 is 10.1 Å². The maximum atomic E-state index is 11.7. The van der Waals surface area contributed by atoms with Crippen LogP contribution in [-0.2, 0) is 6.54 Å². The maximum Gasteiger partial charge on any atom is 0.252 e. The average Bonchev–Trinajstić information content (AvgIpc) is 2.90. The van der Waals surface area contributed by atoms with Gasteiger partial charge in [-0.2, -0.15) is 11.3 Å². The van der Waals surface area contributed by atoms with Crippen molar-refractivity contribution in [2.75, 3.05) is 7.11 Å². The molecule has 5 heteroatoms. The van der Waals surface area contributed by atoms with Crippen LogP contribution in [0.25, 0.3) is 0 Å². The molecule has 2 aromatic heterocycles. The number of nitrogens with zero attached hydrogens (tertiary/aromatic N) is 1. The lowest BCUT2D eigenvalue weighted by Crippen LogP contribution is -2.22. The lowest BCUT2D eigenvalue weighted by Gasteiger charge is -2.04. The Morgan fingerprint density at radius 3 is 2.94 bits per heavy atom. The highest BCUT2D eigenvalue weighted by atomic mass is 32.1. The van der Waals surface area contributed by atoms with E-state index in [2.05, 4.69) is 10.3 Å². The SMILES string of the molecule is COc1ccc(CNC(=O)c2ccsc2)cn1. The van der Waals surface area contributed by atoms with Crippen LogP contribution in [0.15, 0.2) is 35.2 Å². The highest BCUT2D eigenvalue weighted by Gasteiger charge is 2.05. The lowest BCUT2D eigenvalue weighted by atomic mass is 10.2. The van der Waals surface area contributed by atoms with Gasteiger partial charge in [0.15, 0.2) is 0 Å². The summed E-state index contributed by atoms with van der Waals surface area (Å²) >= 11 is 1.50. The second-order valence-electron chi connectivity index (χ2n) is 3.40. The van der Waals surface area contributed by atoms with Gasteiger partial charge in [0, 0.05) is 29.8 Å². The van der Waals surface area contributed by atoms with E-state index in [0.29, 0.717) is 18.0 Å². The predicted octanol–water partition coefficient (Wildman–Crippen LogP) is 2.08. The first-order chi connectivity index (χ1) is 8.29. The molecule has 1 N–H and O–H groups in total. The molecule has 0 bridgehead atoms. The first-order valence-electron chi connectivity index (χ1n) is 5.09. The van der Waals surface area contributed by atoms with E-state index in [0.717, 1.165) is 5.56 Å². The molecule has 88 valence electrons. The number of nitrogens with one attached hydrogen (secondary N) is 1. The van der Waals surface area contributed by atoms with Crippen LogP contribution >= 0.6 is 11.3 Å². The number of methoxy groups -OCH3 is 1. The van der Waals surface area contributed by atoms with Crippen molar-refractivity contribution in [3.05, 3.63) is 46.3 Å². The minimum Gasteiger partial charge on any atom is -0.481 e. The van der Waals surface area contributed by atoms with Crippen molar-refractivity contribution in [3.8, 4) is 5.88 Å². The number of hydrogen-bond acceptors (Lipinski definition) is 4. The quantitative estimate of drug-likeness (QED) is 0.901. The van der Waals surface area contributed by atoms with E-state index >= 15 is 0 Å². The highest BCUT2D eigenvalue weighted by Crippen LogP contribution is 2.08. The number of hydrogen-bond donors (Lipinski definition) is 1. The summed E-state index contributed by atoms with van der Waals surface area (Å²) in [5, 5.41) is 6.53. The molecule has 0 radical (unpaired) electrons. The summed E-state index contributed by atoms with van der Waals surface area (Å²) in [6.45, 7) is 0.464. The summed E-state index contributed by atoms with van der Waals surface area (Å²) < 4.78 is 4.96. The van der Waals surface area contributed by atoms with Crippen molar-refractivity contribution in [2.24, 2.45) is 0 Å². The van der Waals surface area contributed by atoms with Crippen LogP contribution in [0.3, 0.4) is 0 Å². The molecule has 4 nitrogen and oxygen atoms in total. The van der Waals surface area contributed by atoms with Gasteiger partial charge in [-0.05, 0) is 17.0 Å². The van der Waals surface area contributed by atoms with Gasteiger partial charge in [0.25, 0.3) is 5.91 Å². The second-order valence-corrected chi connectivity index (χ2v) is 4.18. The van der Waals surface area contributed by atoms with Gasteiger partial charge in [-0.15, -0.1) is 0 Å². The number of carbonyl (C=O) groups is 1. The van der Waals surface area contributed by atoms with Gasteiger partial charge in [0.1, 0.15) is 0 Å². The van der Waals surface area contributed by atoms with Gasteiger partial charge in [-0.25, -0.2) is 4.98 Å². The van der Waals surface area contributed by atoms with E-state index in [1.165, 1.54) is 11.3 Å². The first-order valence-corrected chi connectivity index (χ1v) is 6.03. The summed E-state index contributed by atoms with van der Waals surface area (Å²) in [5.74, 6) is 0.500. The molecule has 0 aliphatic carbocycles. The number of amides is 1. The fraction of sp³-hybridized carbons (Fsp3) is 0.167. The van der Waals surface area contributed by atoms with E-state index in [-0.39, 0.29) is 5.91 Å². The Hall–Kier alpha value is -1.88. The molecule has 0 fully saturated rings. The largest absolute Gasteiger partial charge is 0.481 e. The number of rotatable bonds is 4. The fourth-order valence-corrected chi connectivity index (χ4v) is 1.95. The Balaban J connectivity index is 1.91. The number of aromatic nitrogens is 1. The lowest BCUT2D eigenvalue weighted by molar-refractivity contribution is 0.0951. The Morgan fingerprint density at radius 1 is 1.47 bits per heavy atom. The molecule has 0 saturated heterocycles. The van der Waals surface area contributed by atoms with E-state index in [4.69, 9.17) is 4.74 Å². The molecule has 2 aromatic rings. The van der Waals surface area contributed by atoms with Gasteiger partial charge in [-0.1, -0.05) is 6.07 Å². The smallest absolute Gasteiger partial charge is 0.252 e. The van der Waals surface area contributed by atoms with Crippen molar-refractivity contribution >= 4 is 17.2 Å². The van der Waals surface area contributed by atoms with Crippen LogP contribution in [0.5, 0.6) is 5.88 Å². The normalized spacial score (nSPS) is 9.94. The van der Waals surface area contributed by atoms with Crippen LogP contribution < -0.4 is 10.1 Å². The molecule has 0 unspecified atom stereocenters. The van der Waals surface area contributed by atoms with E-state index < -0.39 is 0 Å². The number of pyridine rings is 1. The minimum atomic E-state index is -0.0675. The zero-order valence-corrected chi connectivity index (χ0v) is 10.2. The van der Waals surface area contributed by atoms with Crippen LogP contribution in [0.2, 0.25) is 0 Å². The average molecular weight is 248 g/mol. The topological polar surface area (TPSA) is 51.2 Å². The number of carbonyl (C=O) groups excluding carboxylic acids is 1. The van der Waals surface area contributed by atoms with Gasteiger partial charge in [0.2, 0.25) is 5.88 Å². The second kappa shape index (κ2) is 5.45. The molecule has 0 saturated carbocycles. The fourth-order valence-electron chi connectivity index (χ4n) is 1.31. The third kappa shape index (κ3) is 3.04. The van der Waals surface area contributed by atoms with Crippen molar-refractivity contribution in [1.29, 1.82) is 0 Å². The maximum absolute atomic E-state index is 11.7. The van der Waals surface area contributed by atoms with Crippen LogP contribution in [0.1, 0.15) is 15.9 Å². The Kier molecular flexibility index (Phi) is 3.72.